The molecule has 0 saturated carbocycles. The van der Waals surface area contributed by atoms with Crippen molar-refractivity contribution in [3.63, 3.8) is 0 Å². The standard InChI is InChI=1S/C17H24F3N3O/c18-17(19,20)15-4-5-21-16(8-15)23-10-13(14(11-23)12-24)9-22-6-2-1-3-7-22/h4-5,8,13-14,24H,1-3,6-7,9-12H2/t13-,14-/m0/s1. The van der Waals surface area contributed by atoms with E-state index in [9.17, 15) is 18.3 Å². The van der Waals surface area contributed by atoms with Gasteiger partial charge in [0.25, 0.3) is 0 Å². The highest BCUT2D eigenvalue weighted by molar-refractivity contribution is 5.43. The van der Waals surface area contributed by atoms with E-state index >= 15 is 0 Å². The van der Waals surface area contributed by atoms with Crippen molar-refractivity contribution in [1.29, 1.82) is 0 Å². The summed E-state index contributed by atoms with van der Waals surface area (Å²) in [5, 5.41) is 9.67. The molecule has 0 bridgehead atoms. The van der Waals surface area contributed by atoms with Crippen LogP contribution in [0.25, 0.3) is 0 Å². The lowest BCUT2D eigenvalue weighted by molar-refractivity contribution is -0.137. The number of aliphatic hydroxyl groups excluding tert-OH is 1. The first-order valence-corrected chi connectivity index (χ1v) is 8.59. The number of halogens is 3. The minimum absolute atomic E-state index is 0.0635. The molecule has 134 valence electrons. The van der Waals surface area contributed by atoms with E-state index in [0.717, 1.165) is 31.8 Å². The lowest BCUT2D eigenvalue weighted by Crippen LogP contribution is -2.37. The van der Waals surface area contributed by atoms with E-state index in [1.807, 2.05) is 4.90 Å². The van der Waals surface area contributed by atoms with Crippen LogP contribution in [0.2, 0.25) is 0 Å². The zero-order valence-electron chi connectivity index (χ0n) is 13.7. The van der Waals surface area contributed by atoms with E-state index in [0.29, 0.717) is 18.9 Å². The molecule has 1 aromatic rings. The lowest BCUT2D eigenvalue weighted by atomic mass is 9.95. The number of hydrogen-bond acceptors (Lipinski definition) is 4. The fourth-order valence-electron chi connectivity index (χ4n) is 3.78. The number of alkyl halides is 3. The number of piperidine rings is 1. The van der Waals surface area contributed by atoms with Crippen LogP contribution in [-0.2, 0) is 6.18 Å². The van der Waals surface area contributed by atoms with E-state index in [2.05, 4.69) is 9.88 Å². The molecule has 7 heteroatoms. The van der Waals surface area contributed by atoms with Gasteiger partial charge in [0.05, 0.1) is 5.56 Å². The third-order valence-electron chi connectivity index (χ3n) is 5.15. The van der Waals surface area contributed by atoms with Crippen molar-refractivity contribution >= 4 is 5.82 Å². The Morgan fingerprint density at radius 2 is 1.83 bits per heavy atom. The van der Waals surface area contributed by atoms with Crippen LogP contribution in [0.4, 0.5) is 19.0 Å². The zero-order valence-corrected chi connectivity index (χ0v) is 13.7. The smallest absolute Gasteiger partial charge is 0.396 e. The van der Waals surface area contributed by atoms with Crippen molar-refractivity contribution in [2.24, 2.45) is 11.8 Å². The van der Waals surface area contributed by atoms with Crippen LogP contribution >= 0.6 is 0 Å². The highest BCUT2D eigenvalue weighted by Gasteiger charge is 2.36. The average molecular weight is 343 g/mol. The first-order chi connectivity index (χ1) is 11.5. The quantitative estimate of drug-likeness (QED) is 0.912. The lowest BCUT2D eigenvalue weighted by Gasteiger charge is -2.30. The van der Waals surface area contributed by atoms with Gasteiger partial charge in [0.15, 0.2) is 0 Å². The first-order valence-electron chi connectivity index (χ1n) is 8.59. The molecule has 0 aromatic carbocycles. The van der Waals surface area contributed by atoms with Gasteiger partial charge in [-0.1, -0.05) is 6.42 Å². The van der Waals surface area contributed by atoms with Gasteiger partial charge < -0.3 is 14.9 Å². The molecule has 0 aliphatic carbocycles. The van der Waals surface area contributed by atoms with Crippen LogP contribution in [0.5, 0.6) is 0 Å². The van der Waals surface area contributed by atoms with Crippen molar-refractivity contribution in [2.75, 3.05) is 44.2 Å². The summed E-state index contributed by atoms with van der Waals surface area (Å²) in [5.41, 5.74) is -0.674. The summed E-state index contributed by atoms with van der Waals surface area (Å²) in [7, 11) is 0. The highest BCUT2D eigenvalue weighted by Crippen LogP contribution is 2.33. The molecule has 0 radical (unpaired) electrons. The Bertz CT molecular complexity index is 546. The van der Waals surface area contributed by atoms with Crippen molar-refractivity contribution in [2.45, 2.75) is 25.4 Å². The summed E-state index contributed by atoms with van der Waals surface area (Å²) in [6.45, 7) is 4.33. The minimum atomic E-state index is -4.36. The molecule has 3 rings (SSSR count). The van der Waals surface area contributed by atoms with E-state index in [1.165, 1.54) is 25.5 Å². The SMILES string of the molecule is OC[C@@H]1CN(c2cc(C(F)(F)F)ccn2)C[C@@H]1CN1CCCCC1. The van der Waals surface area contributed by atoms with Gasteiger partial charge in [0.2, 0.25) is 0 Å². The molecule has 2 fully saturated rings. The van der Waals surface area contributed by atoms with Gasteiger partial charge in [-0.3, -0.25) is 0 Å². The molecule has 2 aliphatic heterocycles. The van der Waals surface area contributed by atoms with Crippen LogP contribution in [0, 0.1) is 11.8 Å². The number of aromatic nitrogens is 1. The third kappa shape index (κ3) is 4.00. The summed E-state index contributed by atoms with van der Waals surface area (Å²) in [4.78, 5) is 8.41. The Morgan fingerprint density at radius 3 is 2.50 bits per heavy atom. The van der Waals surface area contributed by atoms with Gasteiger partial charge in [-0.15, -0.1) is 0 Å². The summed E-state index contributed by atoms with van der Waals surface area (Å²) in [6.07, 6.45) is 0.529. The largest absolute Gasteiger partial charge is 0.416 e. The normalized spacial score (nSPS) is 26.1. The van der Waals surface area contributed by atoms with Crippen molar-refractivity contribution < 1.29 is 18.3 Å². The van der Waals surface area contributed by atoms with Gasteiger partial charge >= 0.3 is 6.18 Å². The molecule has 24 heavy (non-hydrogen) atoms. The van der Waals surface area contributed by atoms with Crippen molar-refractivity contribution in [3.8, 4) is 0 Å². The molecular formula is C17H24F3N3O. The Morgan fingerprint density at radius 1 is 1.12 bits per heavy atom. The molecule has 0 spiro atoms. The molecule has 0 amide bonds. The molecule has 4 nitrogen and oxygen atoms in total. The molecule has 1 aromatic heterocycles. The first kappa shape index (κ1) is 17.5. The van der Waals surface area contributed by atoms with Crippen molar-refractivity contribution in [3.05, 3.63) is 23.9 Å². The molecule has 3 heterocycles. The van der Waals surface area contributed by atoms with Gasteiger partial charge in [-0.05, 0) is 44.0 Å². The summed E-state index contributed by atoms with van der Waals surface area (Å²) < 4.78 is 38.7. The second-order valence-electron chi connectivity index (χ2n) is 6.87. The number of anilines is 1. The van der Waals surface area contributed by atoms with Crippen LogP contribution in [-0.4, -0.2) is 54.3 Å². The Hall–Kier alpha value is -1.34. The zero-order chi connectivity index (χ0) is 17.2. The van der Waals surface area contributed by atoms with E-state index in [4.69, 9.17) is 0 Å². The average Bonchev–Trinajstić information content (AvgIpc) is 2.98. The summed E-state index contributed by atoms with van der Waals surface area (Å²) >= 11 is 0. The Balaban J connectivity index is 1.69. The number of pyridine rings is 1. The summed E-state index contributed by atoms with van der Waals surface area (Å²) in [6, 6.07) is 2.10. The molecule has 2 aliphatic rings. The monoisotopic (exact) mass is 343 g/mol. The maximum atomic E-state index is 12.9. The molecule has 0 unspecified atom stereocenters. The van der Waals surface area contributed by atoms with E-state index in [1.54, 1.807) is 0 Å². The van der Waals surface area contributed by atoms with E-state index in [-0.39, 0.29) is 18.4 Å². The van der Waals surface area contributed by atoms with Crippen LogP contribution in [0.1, 0.15) is 24.8 Å². The fraction of sp³-hybridized carbons (Fsp3) is 0.706. The van der Waals surface area contributed by atoms with Crippen LogP contribution in [0.15, 0.2) is 18.3 Å². The Labute approximate surface area is 140 Å². The van der Waals surface area contributed by atoms with Gasteiger partial charge in [-0.2, -0.15) is 13.2 Å². The maximum absolute atomic E-state index is 12.9. The molecule has 2 saturated heterocycles. The second kappa shape index (κ2) is 7.27. The topological polar surface area (TPSA) is 39.6 Å². The third-order valence-corrected chi connectivity index (χ3v) is 5.15. The van der Waals surface area contributed by atoms with E-state index < -0.39 is 11.7 Å². The second-order valence-corrected chi connectivity index (χ2v) is 6.87. The van der Waals surface area contributed by atoms with Gasteiger partial charge in [0.1, 0.15) is 5.82 Å². The number of aliphatic hydroxyl groups is 1. The fourth-order valence-corrected chi connectivity index (χ4v) is 3.78. The van der Waals surface area contributed by atoms with Gasteiger partial charge in [-0.25, -0.2) is 4.98 Å². The predicted octanol–water partition coefficient (Wildman–Crippen LogP) is 2.63. The van der Waals surface area contributed by atoms with Crippen molar-refractivity contribution in [1.82, 2.24) is 9.88 Å². The van der Waals surface area contributed by atoms with Crippen LogP contribution < -0.4 is 4.90 Å². The predicted molar refractivity (Wildman–Crippen MR) is 85.8 cm³/mol. The molecular weight excluding hydrogens is 319 g/mol. The minimum Gasteiger partial charge on any atom is -0.396 e. The summed E-state index contributed by atoms with van der Waals surface area (Å²) in [5.74, 6) is 0.706. The Kier molecular flexibility index (Phi) is 5.30. The highest BCUT2D eigenvalue weighted by atomic mass is 19.4. The number of likely N-dealkylation sites (tertiary alicyclic amines) is 1. The number of nitrogens with zero attached hydrogens (tertiary/aromatic N) is 3. The maximum Gasteiger partial charge on any atom is 0.416 e. The number of rotatable bonds is 4. The van der Waals surface area contributed by atoms with Gasteiger partial charge in [0, 0.05) is 38.4 Å². The number of hydrogen-bond donors (Lipinski definition) is 1. The molecule has 2 atom stereocenters. The van der Waals surface area contributed by atoms with Crippen LogP contribution in [0.3, 0.4) is 0 Å². The molecule has 1 N–H and O–H groups in total.